The highest BCUT2D eigenvalue weighted by Crippen LogP contribution is 2.31. The second-order valence-corrected chi connectivity index (χ2v) is 8.05. The Morgan fingerprint density at radius 3 is 2.58 bits per heavy atom. The summed E-state index contributed by atoms with van der Waals surface area (Å²) in [5.74, 6) is 0.829. The fraction of sp³-hybridized carbons (Fsp3) is 0.280. The number of anilines is 1. The van der Waals surface area contributed by atoms with Gasteiger partial charge in [-0.3, -0.25) is 9.59 Å². The molecular formula is C25H26N4O4. The molecule has 0 fully saturated rings. The first-order chi connectivity index (χ1) is 15.8. The van der Waals surface area contributed by atoms with Gasteiger partial charge in [0.2, 0.25) is 5.91 Å². The molecule has 0 aliphatic heterocycles. The molecule has 4 aromatic rings. The van der Waals surface area contributed by atoms with E-state index in [4.69, 9.17) is 8.94 Å². The number of hydrogen-bond donors (Lipinski definition) is 1. The molecule has 0 spiro atoms. The number of nitrogens with one attached hydrogen (secondary N) is 1. The van der Waals surface area contributed by atoms with Crippen molar-refractivity contribution in [3.05, 3.63) is 64.7 Å². The van der Waals surface area contributed by atoms with Crippen molar-refractivity contribution >= 4 is 28.6 Å². The summed E-state index contributed by atoms with van der Waals surface area (Å²) in [6.45, 7) is 7.36. The van der Waals surface area contributed by atoms with Gasteiger partial charge in [0.05, 0.1) is 28.9 Å². The first kappa shape index (κ1) is 22.3. The Labute approximate surface area is 191 Å². The van der Waals surface area contributed by atoms with Crippen molar-refractivity contribution in [2.75, 3.05) is 18.9 Å². The summed E-state index contributed by atoms with van der Waals surface area (Å²) >= 11 is 0. The summed E-state index contributed by atoms with van der Waals surface area (Å²) < 4.78 is 11.0. The topological polar surface area (TPSA) is 101 Å². The van der Waals surface area contributed by atoms with Crippen LogP contribution in [0, 0.1) is 20.8 Å². The summed E-state index contributed by atoms with van der Waals surface area (Å²) in [4.78, 5) is 32.0. The van der Waals surface area contributed by atoms with Crippen LogP contribution >= 0.6 is 0 Å². The summed E-state index contributed by atoms with van der Waals surface area (Å²) in [7, 11) is 1.59. The van der Waals surface area contributed by atoms with E-state index >= 15 is 0 Å². The minimum Gasteiger partial charge on any atom is -0.466 e. The number of likely N-dealkylation sites (N-methyl/N-ethyl adjacent to an activating group) is 1. The van der Waals surface area contributed by atoms with Gasteiger partial charge in [-0.05, 0) is 51.0 Å². The minimum atomic E-state index is -0.327. The maximum Gasteiger partial charge on any atom is 0.259 e. The smallest absolute Gasteiger partial charge is 0.259 e. The van der Waals surface area contributed by atoms with E-state index in [-0.39, 0.29) is 24.1 Å². The van der Waals surface area contributed by atoms with Crippen LogP contribution in [0.1, 0.15) is 40.1 Å². The molecule has 0 saturated carbocycles. The fourth-order valence-electron chi connectivity index (χ4n) is 3.92. The van der Waals surface area contributed by atoms with Crippen LogP contribution in [0.5, 0.6) is 0 Å². The number of aryl methyl sites for hydroxylation is 4. The molecule has 33 heavy (non-hydrogen) atoms. The third-order valence-corrected chi connectivity index (χ3v) is 5.56. The molecule has 0 saturated heterocycles. The second kappa shape index (κ2) is 8.90. The number of furan rings is 1. The highest BCUT2D eigenvalue weighted by molar-refractivity contribution is 6.08. The van der Waals surface area contributed by atoms with Crippen molar-refractivity contribution < 1.29 is 18.5 Å². The van der Waals surface area contributed by atoms with Crippen molar-refractivity contribution in [2.45, 2.75) is 34.1 Å². The van der Waals surface area contributed by atoms with Gasteiger partial charge in [-0.2, -0.15) is 0 Å². The molecule has 3 heterocycles. The fourth-order valence-corrected chi connectivity index (χ4v) is 3.92. The monoisotopic (exact) mass is 446 g/mol. The Morgan fingerprint density at radius 1 is 1.12 bits per heavy atom. The van der Waals surface area contributed by atoms with Gasteiger partial charge in [-0.15, -0.1) is 0 Å². The first-order valence-corrected chi connectivity index (χ1v) is 10.8. The Hall–Kier alpha value is -3.94. The molecule has 8 heteroatoms. The molecule has 0 unspecified atom stereocenters. The highest BCUT2D eigenvalue weighted by Gasteiger charge is 2.24. The van der Waals surface area contributed by atoms with Gasteiger partial charge >= 0.3 is 0 Å². The van der Waals surface area contributed by atoms with E-state index in [0.29, 0.717) is 28.1 Å². The molecule has 1 N–H and O–H groups in total. The largest absolute Gasteiger partial charge is 0.466 e. The molecule has 8 nitrogen and oxygen atoms in total. The zero-order valence-electron chi connectivity index (χ0n) is 19.4. The Balaban J connectivity index is 1.63. The number of hydrogen-bond acceptors (Lipinski definition) is 6. The quantitative estimate of drug-likeness (QED) is 0.461. The van der Waals surface area contributed by atoms with Crippen LogP contribution in [0.3, 0.4) is 0 Å². The molecule has 0 radical (unpaired) electrons. The van der Waals surface area contributed by atoms with Gasteiger partial charge in [-0.1, -0.05) is 30.3 Å². The highest BCUT2D eigenvalue weighted by atomic mass is 16.5. The number of pyridine rings is 1. The second-order valence-electron chi connectivity index (χ2n) is 8.05. The number of benzene rings is 1. The van der Waals surface area contributed by atoms with Crippen LogP contribution in [0.4, 0.5) is 5.69 Å². The SMILES string of the molecule is CCc1ccccc1NC(=O)CN(C)C(=O)c1cc(-c2cc(C)oc2C)nc2onc(C)c12. The average Bonchev–Trinajstić information content (AvgIpc) is 3.33. The Bertz CT molecular complexity index is 1350. The standard InChI is InChI=1S/C25H26N4O4/c1-6-17-9-7-8-10-20(17)26-22(30)13-29(5)25(31)19-12-21(18-11-14(2)32-16(18)4)27-24-23(19)15(3)28-33-24/h7-12H,6,13H2,1-5H3,(H,26,30). The number of carbonyl (C=O) groups is 2. The van der Waals surface area contributed by atoms with Crippen LogP contribution in [-0.4, -0.2) is 40.4 Å². The number of amides is 2. The maximum absolute atomic E-state index is 13.4. The lowest BCUT2D eigenvalue weighted by Crippen LogP contribution is -2.35. The maximum atomic E-state index is 13.4. The summed E-state index contributed by atoms with van der Waals surface area (Å²) in [6, 6.07) is 11.2. The van der Waals surface area contributed by atoms with Gasteiger partial charge < -0.3 is 19.2 Å². The van der Waals surface area contributed by atoms with Gasteiger partial charge in [0.1, 0.15) is 11.5 Å². The molecular weight excluding hydrogens is 420 g/mol. The van der Waals surface area contributed by atoms with Gasteiger partial charge in [0.25, 0.3) is 11.6 Å². The van der Waals surface area contributed by atoms with Crippen LogP contribution < -0.4 is 5.32 Å². The first-order valence-electron chi connectivity index (χ1n) is 10.8. The predicted molar refractivity (Wildman–Crippen MR) is 125 cm³/mol. The molecule has 0 atom stereocenters. The van der Waals surface area contributed by atoms with Crippen LogP contribution in [0.2, 0.25) is 0 Å². The lowest BCUT2D eigenvalue weighted by Gasteiger charge is -2.18. The third-order valence-electron chi connectivity index (χ3n) is 5.56. The number of aromatic nitrogens is 2. The number of fused-ring (bicyclic) bond motifs is 1. The van der Waals surface area contributed by atoms with E-state index in [1.807, 2.05) is 51.1 Å². The third kappa shape index (κ3) is 4.37. The minimum absolute atomic E-state index is 0.107. The molecule has 2 amide bonds. The molecule has 0 aliphatic carbocycles. The zero-order chi connectivity index (χ0) is 23.7. The predicted octanol–water partition coefficient (Wildman–Crippen LogP) is 4.68. The number of para-hydroxylation sites is 1. The van der Waals surface area contributed by atoms with E-state index in [1.54, 1.807) is 20.0 Å². The average molecular weight is 447 g/mol. The van der Waals surface area contributed by atoms with Crippen molar-refractivity contribution in [1.82, 2.24) is 15.0 Å². The van der Waals surface area contributed by atoms with E-state index in [0.717, 1.165) is 29.0 Å². The molecule has 4 rings (SSSR count). The van der Waals surface area contributed by atoms with Gasteiger partial charge in [0.15, 0.2) is 0 Å². The molecule has 3 aromatic heterocycles. The van der Waals surface area contributed by atoms with Crippen molar-refractivity contribution in [3.63, 3.8) is 0 Å². The van der Waals surface area contributed by atoms with Crippen LogP contribution in [0.25, 0.3) is 22.4 Å². The lowest BCUT2D eigenvalue weighted by molar-refractivity contribution is -0.116. The van der Waals surface area contributed by atoms with Crippen LogP contribution in [-0.2, 0) is 11.2 Å². The molecule has 0 aliphatic rings. The van der Waals surface area contributed by atoms with Gasteiger partial charge in [0, 0.05) is 18.3 Å². The van der Waals surface area contributed by atoms with Crippen molar-refractivity contribution in [1.29, 1.82) is 0 Å². The summed E-state index contributed by atoms with van der Waals surface area (Å²) in [5, 5.41) is 7.42. The summed E-state index contributed by atoms with van der Waals surface area (Å²) in [6.07, 6.45) is 0.794. The van der Waals surface area contributed by atoms with Crippen molar-refractivity contribution in [2.24, 2.45) is 0 Å². The van der Waals surface area contributed by atoms with Crippen LogP contribution in [0.15, 0.2) is 45.3 Å². The van der Waals surface area contributed by atoms with Gasteiger partial charge in [-0.25, -0.2) is 4.98 Å². The lowest BCUT2D eigenvalue weighted by atomic mass is 10.0. The van der Waals surface area contributed by atoms with E-state index < -0.39 is 0 Å². The summed E-state index contributed by atoms with van der Waals surface area (Å²) in [5.41, 5.74) is 4.30. The van der Waals surface area contributed by atoms with E-state index in [9.17, 15) is 9.59 Å². The normalized spacial score (nSPS) is 11.1. The number of rotatable bonds is 6. The molecule has 1 aromatic carbocycles. The number of nitrogens with zero attached hydrogens (tertiary/aromatic N) is 3. The van der Waals surface area contributed by atoms with E-state index in [2.05, 4.69) is 15.5 Å². The Morgan fingerprint density at radius 2 is 1.88 bits per heavy atom. The molecule has 0 bridgehead atoms. The van der Waals surface area contributed by atoms with Crippen molar-refractivity contribution in [3.8, 4) is 11.3 Å². The molecule has 170 valence electrons. The van der Waals surface area contributed by atoms with E-state index in [1.165, 1.54) is 4.90 Å². The Kier molecular flexibility index (Phi) is 6.00. The number of carbonyl (C=O) groups excluding carboxylic acids is 2. The zero-order valence-corrected chi connectivity index (χ0v) is 19.4.